The Balaban J connectivity index is 2.28. The van der Waals surface area contributed by atoms with Gasteiger partial charge in [0.25, 0.3) is 0 Å². The second-order valence-electron chi connectivity index (χ2n) is 2.92. The van der Waals surface area contributed by atoms with Gasteiger partial charge in [-0.05, 0) is 31.7 Å². The van der Waals surface area contributed by atoms with Crippen LogP contribution in [0.4, 0.5) is 0 Å². The standard InChI is InChI=1S/C10H17N3/c1-3-11-8-5-4-6-10-7-9-12-13(10)2/h4,6-7,9,11H,3,5,8H2,1-2H3. The molecular formula is C10H17N3. The summed E-state index contributed by atoms with van der Waals surface area (Å²) in [6, 6.07) is 2.00. The van der Waals surface area contributed by atoms with E-state index in [1.54, 1.807) is 0 Å². The van der Waals surface area contributed by atoms with Gasteiger partial charge in [-0.25, -0.2) is 0 Å². The van der Waals surface area contributed by atoms with E-state index >= 15 is 0 Å². The predicted octanol–water partition coefficient (Wildman–Crippen LogP) is 1.43. The van der Waals surface area contributed by atoms with Crippen LogP contribution in [0.15, 0.2) is 18.3 Å². The molecule has 0 saturated carbocycles. The molecule has 1 N–H and O–H groups in total. The SMILES string of the molecule is CCNCCC=Cc1ccnn1C. The Morgan fingerprint density at radius 3 is 3.08 bits per heavy atom. The van der Waals surface area contributed by atoms with E-state index in [0.29, 0.717) is 0 Å². The number of hydrogen-bond donors (Lipinski definition) is 1. The van der Waals surface area contributed by atoms with E-state index in [4.69, 9.17) is 0 Å². The first-order valence-corrected chi connectivity index (χ1v) is 4.70. The predicted molar refractivity (Wildman–Crippen MR) is 55.4 cm³/mol. The first-order valence-electron chi connectivity index (χ1n) is 4.70. The van der Waals surface area contributed by atoms with Gasteiger partial charge in [0.05, 0.1) is 5.69 Å². The normalized spacial score (nSPS) is 11.2. The Morgan fingerprint density at radius 2 is 2.46 bits per heavy atom. The van der Waals surface area contributed by atoms with Crippen molar-refractivity contribution in [2.45, 2.75) is 13.3 Å². The fourth-order valence-electron chi connectivity index (χ4n) is 1.11. The lowest BCUT2D eigenvalue weighted by Crippen LogP contribution is -2.12. The average Bonchev–Trinajstić information content (AvgIpc) is 2.52. The van der Waals surface area contributed by atoms with Crippen molar-refractivity contribution >= 4 is 6.08 Å². The molecule has 0 spiro atoms. The molecule has 0 saturated heterocycles. The molecule has 3 heteroatoms. The largest absolute Gasteiger partial charge is 0.317 e. The minimum Gasteiger partial charge on any atom is -0.317 e. The van der Waals surface area contributed by atoms with E-state index in [1.165, 1.54) is 0 Å². The van der Waals surface area contributed by atoms with Crippen LogP contribution in [0.2, 0.25) is 0 Å². The third kappa shape index (κ3) is 3.42. The molecule has 0 aliphatic heterocycles. The average molecular weight is 179 g/mol. The summed E-state index contributed by atoms with van der Waals surface area (Å²) in [7, 11) is 1.95. The Morgan fingerprint density at radius 1 is 1.62 bits per heavy atom. The monoisotopic (exact) mass is 179 g/mol. The van der Waals surface area contributed by atoms with Gasteiger partial charge in [0.1, 0.15) is 0 Å². The van der Waals surface area contributed by atoms with Crippen molar-refractivity contribution < 1.29 is 0 Å². The zero-order valence-corrected chi connectivity index (χ0v) is 8.33. The molecule has 0 radical (unpaired) electrons. The lowest BCUT2D eigenvalue weighted by molar-refractivity contribution is 0.726. The highest BCUT2D eigenvalue weighted by atomic mass is 15.2. The molecular weight excluding hydrogens is 162 g/mol. The van der Waals surface area contributed by atoms with Crippen molar-refractivity contribution in [1.29, 1.82) is 0 Å². The molecule has 13 heavy (non-hydrogen) atoms. The van der Waals surface area contributed by atoms with Gasteiger partial charge in [-0.2, -0.15) is 5.10 Å². The number of aromatic nitrogens is 2. The van der Waals surface area contributed by atoms with Crippen LogP contribution in [-0.4, -0.2) is 22.9 Å². The van der Waals surface area contributed by atoms with Crippen LogP contribution >= 0.6 is 0 Å². The van der Waals surface area contributed by atoms with Gasteiger partial charge in [-0.3, -0.25) is 4.68 Å². The highest BCUT2D eigenvalue weighted by Crippen LogP contribution is 1.99. The van der Waals surface area contributed by atoms with Crippen LogP contribution in [0.3, 0.4) is 0 Å². The second kappa shape index (κ2) is 5.54. The van der Waals surface area contributed by atoms with E-state index in [-0.39, 0.29) is 0 Å². The Kier molecular flexibility index (Phi) is 4.26. The Labute approximate surface area is 79.5 Å². The first kappa shape index (κ1) is 9.99. The first-order chi connectivity index (χ1) is 6.34. The molecule has 3 nitrogen and oxygen atoms in total. The maximum Gasteiger partial charge on any atom is 0.0603 e. The number of nitrogens with one attached hydrogen (secondary N) is 1. The van der Waals surface area contributed by atoms with Crippen molar-refractivity contribution in [3.05, 3.63) is 24.0 Å². The molecule has 1 aromatic rings. The van der Waals surface area contributed by atoms with E-state index in [2.05, 4.69) is 29.5 Å². The molecule has 0 aliphatic carbocycles. The summed E-state index contributed by atoms with van der Waals surface area (Å²) >= 11 is 0. The van der Waals surface area contributed by atoms with E-state index in [9.17, 15) is 0 Å². The third-order valence-corrected chi connectivity index (χ3v) is 1.89. The quantitative estimate of drug-likeness (QED) is 0.693. The van der Waals surface area contributed by atoms with Crippen LogP contribution < -0.4 is 5.32 Å². The van der Waals surface area contributed by atoms with Crippen molar-refractivity contribution in [2.75, 3.05) is 13.1 Å². The Bertz CT molecular complexity index is 263. The summed E-state index contributed by atoms with van der Waals surface area (Å²) in [5, 5.41) is 7.35. The molecule has 0 atom stereocenters. The maximum absolute atomic E-state index is 4.08. The summed E-state index contributed by atoms with van der Waals surface area (Å²) in [5.74, 6) is 0. The summed E-state index contributed by atoms with van der Waals surface area (Å²) in [4.78, 5) is 0. The summed E-state index contributed by atoms with van der Waals surface area (Å²) in [6.07, 6.45) is 7.15. The number of rotatable bonds is 5. The van der Waals surface area contributed by atoms with Gasteiger partial charge >= 0.3 is 0 Å². The molecule has 0 aromatic carbocycles. The Hall–Kier alpha value is -1.09. The van der Waals surface area contributed by atoms with Gasteiger partial charge in [-0.15, -0.1) is 0 Å². The molecule has 0 aliphatic rings. The third-order valence-electron chi connectivity index (χ3n) is 1.89. The number of hydrogen-bond acceptors (Lipinski definition) is 2. The highest BCUT2D eigenvalue weighted by Gasteiger charge is 1.90. The minimum absolute atomic E-state index is 1.04. The van der Waals surface area contributed by atoms with Gasteiger partial charge < -0.3 is 5.32 Å². The van der Waals surface area contributed by atoms with Crippen molar-refractivity contribution in [2.24, 2.45) is 7.05 Å². The second-order valence-corrected chi connectivity index (χ2v) is 2.92. The lowest BCUT2D eigenvalue weighted by Gasteiger charge is -1.96. The van der Waals surface area contributed by atoms with E-state index < -0.39 is 0 Å². The number of aryl methyl sites for hydroxylation is 1. The molecule has 0 fully saturated rings. The van der Waals surface area contributed by atoms with Crippen LogP contribution in [-0.2, 0) is 7.05 Å². The summed E-state index contributed by atoms with van der Waals surface area (Å²) < 4.78 is 1.86. The summed E-state index contributed by atoms with van der Waals surface area (Å²) in [5.41, 5.74) is 1.15. The minimum atomic E-state index is 1.04. The van der Waals surface area contributed by atoms with Gasteiger partial charge in [0.2, 0.25) is 0 Å². The molecule has 1 aromatic heterocycles. The maximum atomic E-state index is 4.08. The smallest absolute Gasteiger partial charge is 0.0603 e. The zero-order chi connectivity index (χ0) is 9.52. The van der Waals surface area contributed by atoms with Gasteiger partial charge in [-0.1, -0.05) is 13.0 Å². The molecule has 1 rings (SSSR count). The van der Waals surface area contributed by atoms with Gasteiger partial charge in [0.15, 0.2) is 0 Å². The van der Waals surface area contributed by atoms with Crippen molar-refractivity contribution in [3.8, 4) is 0 Å². The molecule has 0 unspecified atom stereocenters. The molecule has 0 bridgehead atoms. The van der Waals surface area contributed by atoms with Crippen LogP contribution in [0.5, 0.6) is 0 Å². The van der Waals surface area contributed by atoms with Gasteiger partial charge in [0, 0.05) is 13.2 Å². The molecule has 1 heterocycles. The molecule has 0 amide bonds. The van der Waals surface area contributed by atoms with Crippen LogP contribution in [0, 0.1) is 0 Å². The highest BCUT2D eigenvalue weighted by molar-refractivity contribution is 5.43. The number of nitrogens with zero attached hydrogens (tertiary/aromatic N) is 2. The van der Waals surface area contributed by atoms with E-state index in [1.807, 2.05) is 24.0 Å². The fourth-order valence-corrected chi connectivity index (χ4v) is 1.11. The van der Waals surface area contributed by atoms with Crippen molar-refractivity contribution in [1.82, 2.24) is 15.1 Å². The fraction of sp³-hybridized carbons (Fsp3) is 0.500. The lowest BCUT2D eigenvalue weighted by atomic mass is 10.3. The molecule has 72 valence electrons. The van der Waals surface area contributed by atoms with Crippen molar-refractivity contribution in [3.63, 3.8) is 0 Å². The summed E-state index contributed by atoms with van der Waals surface area (Å²) in [6.45, 7) is 4.20. The van der Waals surface area contributed by atoms with Crippen LogP contribution in [0.1, 0.15) is 19.0 Å². The zero-order valence-electron chi connectivity index (χ0n) is 8.33. The van der Waals surface area contributed by atoms with Crippen LogP contribution in [0.25, 0.3) is 6.08 Å². The topological polar surface area (TPSA) is 29.9 Å². The van der Waals surface area contributed by atoms with E-state index in [0.717, 1.165) is 25.2 Å².